The molecule has 1 saturated heterocycles. The molecule has 2 aromatic rings. The Morgan fingerprint density at radius 2 is 2.26 bits per heavy atom. The van der Waals surface area contributed by atoms with Gasteiger partial charge in [0.15, 0.2) is 0 Å². The SMILES string of the molecule is COc1cc(NCCCCC2CCCCN2)c2ncccc2c1. The Balaban J connectivity index is 1.52. The molecular formula is C19H27N3O. The normalized spacial score (nSPS) is 18.0. The van der Waals surface area contributed by atoms with Crippen LogP contribution < -0.4 is 15.4 Å². The summed E-state index contributed by atoms with van der Waals surface area (Å²) in [7, 11) is 1.71. The van der Waals surface area contributed by atoms with Crippen molar-refractivity contribution in [2.75, 3.05) is 25.5 Å². The molecule has 0 aliphatic carbocycles. The van der Waals surface area contributed by atoms with Crippen molar-refractivity contribution in [1.82, 2.24) is 10.3 Å². The van der Waals surface area contributed by atoms with Crippen molar-refractivity contribution in [2.45, 2.75) is 44.6 Å². The van der Waals surface area contributed by atoms with E-state index in [-0.39, 0.29) is 0 Å². The summed E-state index contributed by atoms with van der Waals surface area (Å²) in [6.45, 7) is 2.18. The highest BCUT2D eigenvalue weighted by molar-refractivity contribution is 5.91. The Morgan fingerprint density at radius 1 is 1.30 bits per heavy atom. The molecule has 1 aromatic carbocycles. The summed E-state index contributed by atoms with van der Waals surface area (Å²) in [6.07, 6.45) is 9.65. The van der Waals surface area contributed by atoms with Crippen LogP contribution in [0.3, 0.4) is 0 Å². The second kappa shape index (κ2) is 8.16. The zero-order valence-corrected chi connectivity index (χ0v) is 14.0. The number of unbranched alkanes of at least 4 members (excludes halogenated alkanes) is 1. The van der Waals surface area contributed by atoms with Crippen molar-refractivity contribution in [3.05, 3.63) is 30.5 Å². The minimum absolute atomic E-state index is 0.739. The summed E-state index contributed by atoms with van der Waals surface area (Å²) >= 11 is 0. The molecule has 1 aliphatic rings. The topological polar surface area (TPSA) is 46.2 Å². The van der Waals surface area contributed by atoms with Crippen LogP contribution in [0, 0.1) is 0 Å². The number of hydrogen-bond donors (Lipinski definition) is 2. The number of anilines is 1. The molecule has 4 heteroatoms. The van der Waals surface area contributed by atoms with E-state index in [2.05, 4.69) is 21.7 Å². The van der Waals surface area contributed by atoms with E-state index in [0.29, 0.717) is 0 Å². The van der Waals surface area contributed by atoms with Gasteiger partial charge in [-0.05, 0) is 44.4 Å². The minimum Gasteiger partial charge on any atom is -0.497 e. The first-order valence-corrected chi connectivity index (χ1v) is 8.77. The average Bonchev–Trinajstić information content (AvgIpc) is 2.62. The zero-order chi connectivity index (χ0) is 15.9. The molecule has 0 bridgehead atoms. The highest BCUT2D eigenvalue weighted by Gasteiger charge is 2.11. The first-order chi connectivity index (χ1) is 11.4. The van der Waals surface area contributed by atoms with Crippen molar-refractivity contribution >= 4 is 16.6 Å². The lowest BCUT2D eigenvalue weighted by atomic mass is 10.00. The van der Waals surface area contributed by atoms with Crippen LogP contribution in [-0.2, 0) is 0 Å². The van der Waals surface area contributed by atoms with E-state index in [1.54, 1.807) is 7.11 Å². The third-order valence-corrected chi connectivity index (χ3v) is 4.62. The van der Waals surface area contributed by atoms with Crippen LogP contribution >= 0.6 is 0 Å². The molecule has 0 amide bonds. The van der Waals surface area contributed by atoms with Gasteiger partial charge in [-0.1, -0.05) is 18.9 Å². The molecule has 1 fully saturated rings. The highest BCUT2D eigenvalue weighted by Crippen LogP contribution is 2.27. The van der Waals surface area contributed by atoms with E-state index in [1.807, 2.05) is 24.4 Å². The molecule has 2 N–H and O–H groups in total. The van der Waals surface area contributed by atoms with Gasteiger partial charge in [0.2, 0.25) is 0 Å². The highest BCUT2D eigenvalue weighted by atomic mass is 16.5. The molecular weight excluding hydrogens is 286 g/mol. The molecule has 1 aliphatic heterocycles. The number of nitrogens with zero attached hydrogens (tertiary/aromatic N) is 1. The van der Waals surface area contributed by atoms with Gasteiger partial charge in [-0.3, -0.25) is 4.98 Å². The molecule has 23 heavy (non-hydrogen) atoms. The number of aromatic nitrogens is 1. The molecule has 3 rings (SSSR count). The minimum atomic E-state index is 0.739. The Morgan fingerprint density at radius 3 is 3.09 bits per heavy atom. The monoisotopic (exact) mass is 313 g/mol. The molecule has 0 saturated carbocycles. The smallest absolute Gasteiger partial charge is 0.121 e. The maximum absolute atomic E-state index is 5.39. The number of rotatable bonds is 7. The van der Waals surface area contributed by atoms with Crippen molar-refractivity contribution in [3.8, 4) is 5.75 Å². The summed E-state index contributed by atoms with van der Waals surface area (Å²) in [5.74, 6) is 0.874. The van der Waals surface area contributed by atoms with Crippen LogP contribution in [0.25, 0.3) is 10.9 Å². The molecule has 1 atom stereocenters. The summed E-state index contributed by atoms with van der Waals surface area (Å²) in [5.41, 5.74) is 2.08. The van der Waals surface area contributed by atoms with E-state index < -0.39 is 0 Å². The number of nitrogens with one attached hydrogen (secondary N) is 2. The lowest BCUT2D eigenvalue weighted by Gasteiger charge is -2.23. The van der Waals surface area contributed by atoms with Crippen LogP contribution in [-0.4, -0.2) is 31.2 Å². The maximum atomic E-state index is 5.39. The number of piperidine rings is 1. The van der Waals surface area contributed by atoms with Crippen molar-refractivity contribution in [3.63, 3.8) is 0 Å². The standard InChI is InChI=1S/C19H27N3O/c1-23-17-13-15-7-6-12-22-19(15)18(14-17)21-11-5-3-9-16-8-2-4-10-20-16/h6-7,12-14,16,20-21H,2-5,8-11H2,1H3. The molecule has 2 heterocycles. The summed E-state index contributed by atoms with van der Waals surface area (Å²) in [6, 6.07) is 8.84. The van der Waals surface area contributed by atoms with Crippen LogP contribution in [0.1, 0.15) is 38.5 Å². The Kier molecular flexibility index (Phi) is 5.70. The van der Waals surface area contributed by atoms with E-state index in [0.717, 1.165) is 34.9 Å². The predicted octanol–water partition coefficient (Wildman–Crippen LogP) is 3.97. The van der Waals surface area contributed by atoms with E-state index in [4.69, 9.17) is 4.74 Å². The number of ether oxygens (including phenoxy) is 1. The van der Waals surface area contributed by atoms with Crippen LogP contribution in [0.2, 0.25) is 0 Å². The number of methoxy groups -OCH3 is 1. The molecule has 1 unspecified atom stereocenters. The maximum Gasteiger partial charge on any atom is 0.121 e. The number of pyridine rings is 1. The molecule has 4 nitrogen and oxygen atoms in total. The second-order valence-corrected chi connectivity index (χ2v) is 6.32. The van der Waals surface area contributed by atoms with Crippen LogP contribution in [0.15, 0.2) is 30.5 Å². The largest absolute Gasteiger partial charge is 0.497 e. The first-order valence-electron chi connectivity index (χ1n) is 8.77. The average molecular weight is 313 g/mol. The fourth-order valence-corrected chi connectivity index (χ4v) is 3.33. The van der Waals surface area contributed by atoms with Gasteiger partial charge >= 0.3 is 0 Å². The van der Waals surface area contributed by atoms with Gasteiger partial charge in [0, 0.05) is 30.2 Å². The van der Waals surface area contributed by atoms with Gasteiger partial charge in [0.1, 0.15) is 5.75 Å². The van der Waals surface area contributed by atoms with Crippen molar-refractivity contribution in [2.24, 2.45) is 0 Å². The van der Waals surface area contributed by atoms with E-state index in [9.17, 15) is 0 Å². The fourth-order valence-electron chi connectivity index (χ4n) is 3.33. The van der Waals surface area contributed by atoms with E-state index in [1.165, 1.54) is 45.1 Å². The fraction of sp³-hybridized carbons (Fsp3) is 0.526. The van der Waals surface area contributed by atoms with Crippen molar-refractivity contribution in [1.29, 1.82) is 0 Å². The van der Waals surface area contributed by atoms with Gasteiger partial charge in [0.25, 0.3) is 0 Å². The number of hydrogen-bond acceptors (Lipinski definition) is 4. The molecule has 0 spiro atoms. The Labute approximate surface area is 138 Å². The van der Waals surface area contributed by atoms with Crippen molar-refractivity contribution < 1.29 is 4.74 Å². The first kappa shape index (κ1) is 16.1. The van der Waals surface area contributed by atoms with Gasteiger partial charge in [-0.2, -0.15) is 0 Å². The predicted molar refractivity (Wildman–Crippen MR) is 96.3 cm³/mol. The summed E-state index contributed by atoms with van der Waals surface area (Å²) < 4.78 is 5.39. The van der Waals surface area contributed by atoms with Gasteiger partial charge in [0.05, 0.1) is 18.3 Å². The second-order valence-electron chi connectivity index (χ2n) is 6.32. The zero-order valence-electron chi connectivity index (χ0n) is 14.0. The van der Waals surface area contributed by atoms with Gasteiger partial charge in [-0.15, -0.1) is 0 Å². The third kappa shape index (κ3) is 4.35. The Hall–Kier alpha value is -1.81. The van der Waals surface area contributed by atoms with Crippen LogP contribution in [0.5, 0.6) is 5.75 Å². The van der Waals surface area contributed by atoms with Gasteiger partial charge < -0.3 is 15.4 Å². The number of fused-ring (bicyclic) bond motifs is 1. The summed E-state index contributed by atoms with van der Waals surface area (Å²) in [4.78, 5) is 4.50. The summed E-state index contributed by atoms with van der Waals surface area (Å²) in [5, 5.41) is 8.27. The van der Waals surface area contributed by atoms with E-state index >= 15 is 0 Å². The number of benzene rings is 1. The lowest BCUT2D eigenvalue weighted by molar-refractivity contribution is 0.374. The Bertz CT molecular complexity index is 623. The lowest BCUT2D eigenvalue weighted by Crippen LogP contribution is -2.33. The van der Waals surface area contributed by atoms with Crippen LogP contribution in [0.4, 0.5) is 5.69 Å². The molecule has 124 valence electrons. The third-order valence-electron chi connectivity index (χ3n) is 4.62. The molecule has 0 radical (unpaired) electrons. The quantitative estimate of drug-likeness (QED) is 0.759. The van der Waals surface area contributed by atoms with Gasteiger partial charge in [-0.25, -0.2) is 0 Å². The molecule has 1 aromatic heterocycles.